The summed E-state index contributed by atoms with van der Waals surface area (Å²) in [4.78, 5) is 3.84. The topological polar surface area (TPSA) is 33.1 Å². The third-order valence-corrected chi connectivity index (χ3v) is 3.27. The lowest BCUT2D eigenvalue weighted by Gasteiger charge is -2.27. The second-order valence-electron chi connectivity index (χ2n) is 4.20. The van der Waals surface area contributed by atoms with Crippen LogP contribution in [0.25, 0.3) is 0 Å². The molecule has 1 aromatic carbocycles. The lowest BCUT2D eigenvalue weighted by Crippen LogP contribution is -2.28. The Kier molecular flexibility index (Phi) is 3.83. The fourth-order valence-electron chi connectivity index (χ4n) is 1.95. The lowest BCUT2D eigenvalue weighted by molar-refractivity contribution is 0.0679. The van der Waals surface area contributed by atoms with Gasteiger partial charge in [-0.25, -0.2) is 8.78 Å². The third kappa shape index (κ3) is 2.60. The number of hydrogen-bond acceptors (Lipinski definition) is 2. The molecule has 0 aliphatic carbocycles. The third-order valence-electron chi connectivity index (χ3n) is 3.04. The van der Waals surface area contributed by atoms with Crippen molar-refractivity contribution in [3.63, 3.8) is 0 Å². The monoisotopic (exact) mass is 283 g/mol. The Hall–Kier alpha value is -1.52. The fourth-order valence-corrected chi connectivity index (χ4v) is 2.11. The number of hydrogen-bond donors (Lipinski definition) is 1. The molecule has 5 heteroatoms. The second-order valence-corrected chi connectivity index (χ2v) is 4.64. The van der Waals surface area contributed by atoms with Crippen LogP contribution in [0, 0.1) is 11.6 Å². The van der Waals surface area contributed by atoms with Gasteiger partial charge in [0.05, 0.1) is 11.9 Å². The van der Waals surface area contributed by atoms with Crippen molar-refractivity contribution in [3.05, 3.63) is 64.4 Å². The molecule has 100 valence electrons. The van der Waals surface area contributed by atoms with Crippen molar-refractivity contribution in [2.45, 2.75) is 18.9 Å². The molecule has 0 saturated heterocycles. The van der Waals surface area contributed by atoms with Crippen LogP contribution < -0.4 is 0 Å². The molecule has 0 saturated carbocycles. The van der Waals surface area contributed by atoms with Gasteiger partial charge in [0.25, 0.3) is 0 Å². The zero-order valence-corrected chi connectivity index (χ0v) is 11.0. The number of halogens is 3. The van der Waals surface area contributed by atoms with Gasteiger partial charge in [-0.15, -0.1) is 0 Å². The van der Waals surface area contributed by atoms with E-state index >= 15 is 0 Å². The van der Waals surface area contributed by atoms with Gasteiger partial charge < -0.3 is 5.11 Å². The fraction of sp³-hybridized carbons (Fsp3) is 0.214. The van der Waals surface area contributed by atoms with Crippen LogP contribution in [0.1, 0.15) is 24.6 Å². The predicted molar refractivity (Wildman–Crippen MR) is 68.9 cm³/mol. The zero-order valence-electron chi connectivity index (χ0n) is 10.2. The summed E-state index contributed by atoms with van der Waals surface area (Å²) in [5.41, 5.74) is -1.35. The first-order chi connectivity index (χ1) is 8.97. The molecular formula is C14H12ClF2NO. The molecule has 0 aliphatic heterocycles. The molecular weight excluding hydrogens is 272 g/mol. The Labute approximate surface area is 114 Å². The molecule has 0 fully saturated rings. The minimum Gasteiger partial charge on any atom is -0.379 e. The van der Waals surface area contributed by atoms with Gasteiger partial charge in [0.15, 0.2) is 0 Å². The smallest absolute Gasteiger partial charge is 0.141 e. The van der Waals surface area contributed by atoms with Crippen molar-refractivity contribution in [2.75, 3.05) is 0 Å². The highest BCUT2D eigenvalue weighted by Gasteiger charge is 2.33. The van der Waals surface area contributed by atoms with Gasteiger partial charge in [0.2, 0.25) is 0 Å². The summed E-state index contributed by atoms with van der Waals surface area (Å²) in [6.45, 7) is 1.69. The highest BCUT2D eigenvalue weighted by molar-refractivity contribution is 6.30. The molecule has 0 aliphatic rings. The highest BCUT2D eigenvalue weighted by Crippen LogP contribution is 2.34. The Balaban J connectivity index is 2.56. The maximum Gasteiger partial charge on any atom is 0.141 e. The van der Waals surface area contributed by atoms with E-state index in [4.69, 9.17) is 11.6 Å². The first-order valence-corrected chi connectivity index (χ1v) is 6.15. The lowest BCUT2D eigenvalue weighted by atomic mass is 9.87. The van der Waals surface area contributed by atoms with E-state index in [2.05, 4.69) is 4.98 Å². The number of aliphatic hydroxyl groups is 1. The van der Waals surface area contributed by atoms with E-state index < -0.39 is 17.2 Å². The Morgan fingerprint density at radius 3 is 2.53 bits per heavy atom. The van der Waals surface area contributed by atoms with E-state index in [1.54, 1.807) is 6.92 Å². The summed E-state index contributed by atoms with van der Waals surface area (Å²) in [5, 5.41) is 10.9. The Bertz CT molecular complexity index is 588. The van der Waals surface area contributed by atoms with E-state index in [0.29, 0.717) is 0 Å². The number of benzene rings is 1. The maximum atomic E-state index is 14.0. The van der Waals surface area contributed by atoms with E-state index in [0.717, 1.165) is 12.3 Å². The number of rotatable bonds is 3. The van der Waals surface area contributed by atoms with Crippen molar-refractivity contribution in [2.24, 2.45) is 0 Å². The summed E-state index contributed by atoms with van der Waals surface area (Å²) >= 11 is 5.69. The predicted octanol–water partition coefficient (Wildman–Crippen LogP) is 3.66. The van der Waals surface area contributed by atoms with Crippen LogP contribution in [0.4, 0.5) is 8.78 Å². The molecule has 2 rings (SSSR count). The Morgan fingerprint density at radius 2 is 2.00 bits per heavy atom. The van der Waals surface area contributed by atoms with Gasteiger partial charge in [-0.1, -0.05) is 24.6 Å². The van der Waals surface area contributed by atoms with Crippen LogP contribution in [0.3, 0.4) is 0 Å². The minimum absolute atomic E-state index is 0.0681. The van der Waals surface area contributed by atoms with E-state index in [1.807, 2.05) is 0 Å². The van der Waals surface area contributed by atoms with Crippen LogP contribution in [0.15, 0.2) is 36.5 Å². The molecule has 1 heterocycles. The van der Waals surface area contributed by atoms with E-state index in [1.165, 1.54) is 24.3 Å². The standard InChI is InChI=1S/C14H12ClF2NO/c1-2-14(19,13-6-4-10(16)8-18-13)11-5-3-9(15)7-12(11)17/h3-8,19H,2H2,1H3. The van der Waals surface area contributed by atoms with Crippen molar-refractivity contribution in [1.29, 1.82) is 0 Å². The van der Waals surface area contributed by atoms with Crippen LogP contribution in [0.5, 0.6) is 0 Å². The number of nitrogens with zero attached hydrogens (tertiary/aromatic N) is 1. The van der Waals surface area contributed by atoms with Gasteiger partial charge in [-0.3, -0.25) is 4.98 Å². The molecule has 0 amide bonds. The average molecular weight is 284 g/mol. The molecule has 1 aromatic heterocycles. The molecule has 0 spiro atoms. The summed E-state index contributed by atoms with van der Waals surface area (Å²) in [6, 6.07) is 6.54. The van der Waals surface area contributed by atoms with E-state index in [9.17, 15) is 13.9 Å². The van der Waals surface area contributed by atoms with Gasteiger partial charge in [0.1, 0.15) is 17.2 Å². The van der Waals surface area contributed by atoms with Gasteiger partial charge in [-0.2, -0.15) is 0 Å². The molecule has 0 radical (unpaired) electrons. The first kappa shape index (κ1) is 13.9. The number of aromatic nitrogens is 1. The second kappa shape index (κ2) is 5.23. The van der Waals surface area contributed by atoms with Gasteiger partial charge >= 0.3 is 0 Å². The highest BCUT2D eigenvalue weighted by atomic mass is 35.5. The van der Waals surface area contributed by atoms with Crippen molar-refractivity contribution in [3.8, 4) is 0 Å². The van der Waals surface area contributed by atoms with Crippen LogP contribution >= 0.6 is 11.6 Å². The maximum absolute atomic E-state index is 14.0. The van der Waals surface area contributed by atoms with Crippen molar-refractivity contribution >= 4 is 11.6 Å². The molecule has 19 heavy (non-hydrogen) atoms. The van der Waals surface area contributed by atoms with Crippen LogP contribution in [-0.4, -0.2) is 10.1 Å². The van der Waals surface area contributed by atoms with Gasteiger partial charge in [0, 0.05) is 10.6 Å². The normalized spacial score (nSPS) is 14.2. The SMILES string of the molecule is CCC(O)(c1ccc(F)cn1)c1ccc(Cl)cc1F. The first-order valence-electron chi connectivity index (χ1n) is 5.77. The molecule has 1 N–H and O–H groups in total. The molecule has 2 nitrogen and oxygen atoms in total. The summed E-state index contributed by atoms with van der Waals surface area (Å²) in [7, 11) is 0. The summed E-state index contributed by atoms with van der Waals surface area (Å²) in [6.07, 6.45) is 1.19. The average Bonchev–Trinajstić information content (AvgIpc) is 2.38. The largest absolute Gasteiger partial charge is 0.379 e. The summed E-state index contributed by atoms with van der Waals surface area (Å²) in [5.74, 6) is -1.14. The minimum atomic E-state index is -1.61. The van der Waals surface area contributed by atoms with Crippen LogP contribution in [-0.2, 0) is 5.60 Å². The zero-order chi connectivity index (χ0) is 14.0. The van der Waals surface area contributed by atoms with Gasteiger partial charge in [-0.05, 0) is 30.7 Å². The molecule has 1 unspecified atom stereocenters. The Morgan fingerprint density at radius 1 is 1.26 bits per heavy atom. The number of pyridine rings is 1. The summed E-state index contributed by atoms with van der Waals surface area (Å²) < 4.78 is 26.8. The quantitative estimate of drug-likeness (QED) is 0.932. The molecule has 1 atom stereocenters. The molecule has 2 aromatic rings. The van der Waals surface area contributed by atoms with Crippen molar-refractivity contribution < 1.29 is 13.9 Å². The van der Waals surface area contributed by atoms with E-state index in [-0.39, 0.29) is 22.7 Å². The van der Waals surface area contributed by atoms with Crippen LogP contribution in [0.2, 0.25) is 5.02 Å². The molecule has 0 bridgehead atoms. The van der Waals surface area contributed by atoms with Crippen molar-refractivity contribution in [1.82, 2.24) is 4.98 Å².